The quantitative estimate of drug-likeness (QED) is 0.637. The van der Waals surface area contributed by atoms with Crippen molar-refractivity contribution in [3.05, 3.63) is 33.8 Å². The summed E-state index contributed by atoms with van der Waals surface area (Å²) in [7, 11) is 0. The second-order valence-electron chi connectivity index (χ2n) is 4.47. The molecule has 1 heterocycles. The number of halogens is 2. The van der Waals surface area contributed by atoms with Crippen molar-refractivity contribution in [2.75, 3.05) is 6.54 Å². The lowest BCUT2D eigenvalue weighted by atomic mass is 10.1. The molecule has 1 unspecified atom stereocenters. The number of carbonyl (C=O) groups is 3. The van der Waals surface area contributed by atoms with E-state index in [1.165, 1.54) is 12.1 Å². The van der Waals surface area contributed by atoms with Gasteiger partial charge in [0.2, 0.25) is 11.8 Å². The van der Waals surface area contributed by atoms with Gasteiger partial charge in [0.25, 0.3) is 0 Å². The molecule has 0 spiro atoms. The average molecular weight is 300 g/mol. The second-order valence-corrected chi connectivity index (χ2v) is 5.31. The summed E-state index contributed by atoms with van der Waals surface area (Å²) in [6.45, 7) is 1.37. The predicted octanol–water partition coefficient (Wildman–Crippen LogP) is 2.57. The molecule has 1 aromatic rings. The average Bonchev–Trinajstić information content (AvgIpc) is 2.59. The Hall–Kier alpha value is -1.39. The Bertz CT molecular complexity index is 571. The smallest absolute Gasteiger partial charge is 0.232 e. The Balaban J connectivity index is 2.20. The Morgan fingerprint density at radius 1 is 1.37 bits per heavy atom. The zero-order valence-electron chi connectivity index (χ0n) is 10.2. The number of ketones is 1. The van der Waals surface area contributed by atoms with Crippen LogP contribution in [0, 0.1) is 5.92 Å². The van der Waals surface area contributed by atoms with E-state index in [1.54, 1.807) is 13.0 Å². The highest BCUT2D eigenvalue weighted by Gasteiger charge is 2.36. The molecule has 100 valence electrons. The maximum atomic E-state index is 12.1. The molecule has 2 rings (SSSR count). The van der Waals surface area contributed by atoms with Crippen molar-refractivity contribution < 1.29 is 14.4 Å². The Kier molecular flexibility index (Phi) is 3.92. The number of amides is 2. The first-order chi connectivity index (χ1) is 8.90. The van der Waals surface area contributed by atoms with Crippen LogP contribution in [-0.4, -0.2) is 29.0 Å². The van der Waals surface area contributed by atoms with Crippen LogP contribution in [0.4, 0.5) is 0 Å². The summed E-state index contributed by atoms with van der Waals surface area (Å²) < 4.78 is 0. The van der Waals surface area contributed by atoms with Crippen molar-refractivity contribution in [2.45, 2.75) is 13.3 Å². The summed E-state index contributed by atoms with van der Waals surface area (Å²) in [5, 5.41) is 0.627. The zero-order valence-corrected chi connectivity index (χ0v) is 11.7. The molecule has 2 amide bonds. The molecule has 1 aliphatic heterocycles. The lowest BCUT2D eigenvalue weighted by Crippen LogP contribution is -2.35. The Morgan fingerprint density at radius 2 is 2.05 bits per heavy atom. The number of likely N-dealkylation sites (tertiary alicyclic amines) is 1. The van der Waals surface area contributed by atoms with Crippen LogP contribution in [0.1, 0.15) is 23.7 Å². The van der Waals surface area contributed by atoms with Crippen LogP contribution in [0.25, 0.3) is 0 Å². The second kappa shape index (κ2) is 5.31. The first-order valence-corrected chi connectivity index (χ1v) is 6.48. The molecular formula is C13H11Cl2NO3. The normalized spacial score (nSPS) is 19.1. The number of benzene rings is 1. The fourth-order valence-electron chi connectivity index (χ4n) is 1.95. The maximum Gasteiger partial charge on any atom is 0.232 e. The van der Waals surface area contributed by atoms with Crippen LogP contribution in [0.3, 0.4) is 0 Å². The van der Waals surface area contributed by atoms with Gasteiger partial charge < -0.3 is 0 Å². The standard InChI is InChI=1S/C13H11Cl2NO3/c1-7-4-12(18)16(13(7)19)6-11(17)9-5-8(14)2-3-10(9)15/h2-3,5,7H,4,6H2,1H3. The van der Waals surface area contributed by atoms with E-state index >= 15 is 0 Å². The van der Waals surface area contributed by atoms with Crippen LogP contribution in [0.2, 0.25) is 10.0 Å². The maximum absolute atomic E-state index is 12.1. The van der Waals surface area contributed by atoms with Gasteiger partial charge in [-0.1, -0.05) is 30.1 Å². The van der Waals surface area contributed by atoms with Crippen molar-refractivity contribution in [1.29, 1.82) is 0 Å². The molecule has 0 saturated carbocycles. The summed E-state index contributed by atoms with van der Waals surface area (Å²) in [6, 6.07) is 4.50. The van der Waals surface area contributed by atoms with E-state index < -0.39 is 5.78 Å². The third-order valence-corrected chi connectivity index (χ3v) is 3.56. The fraction of sp³-hybridized carbons (Fsp3) is 0.308. The SMILES string of the molecule is CC1CC(=O)N(CC(=O)c2cc(Cl)ccc2Cl)C1=O. The molecule has 0 aromatic heterocycles. The highest BCUT2D eigenvalue weighted by Crippen LogP contribution is 2.23. The zero-order chi connectivity index (χ0) is 14.2. The summed E-state index contributed by atoms with van der Waals surface area (Å²) in [4.78, 5) is 36.4. The first-order valence-electron chi connectivity index (χ1n) is 5.72. The number of carbonyl (C=O) groups excluding carboxylic acids is 3. The van der Waals surface area contributed by atoms with E-state index in [0.717, 1.165) is 4.90 Å². The Morgan fingerprint density at radius 3 is 2.63 bits per heavy atom. The minimum Gasteiger partial charge on any atom is -0.292 e. The van der Waals surface area contributed by atoms with Gasteiger partial charge in [-0.3, -0.25) is 19.3 Å². The van der Waals surface area contributed by atoms with Crippen molar-refractivity contribution in [3.63, 3.8) is 0 Å². The topological polar surface area (TPSA) is 54.5 Å². The molecule has 6 heteroatoms. The van der Waals surface area contributed by atoms with E-state index in [2.05, 4.69) is 0 Å². The molecule has 0 bridgehead atoms. The number of Topliss-reactive ketones (excluding diaryl/α,β-unsaturated/α-hetero) is 1. The molecule has 4 nitrogen and oxygen atoms in total. The summed E-state index contributed by atoms with van der Waals surface area (Å²) in [5.41, 5.74) is 0.217. The van der Waals surface area contributed by atoms with E-state index in [0.29, 0.717) is 5.02 Å². The van der Waals surface area contributed by atoms with Gasteiger partial charge in [0.05, 0.1) is 11.6 Å². The van der Waals surface area contributed by atoms with Gasteiger partial charge in [-0.25, -0.2) is 0 Å². The molecule has 1 aromatic carbocycles. The van der Waals surface area contributed by atoms with Crippen molar-refractivity contribution in [2.24, 2.45) is 5.92 Å². The minimum absolute atomic E-state index is 0.148. The van der Waals surface area contributed by atoms with E-state index in [-0.39, 0.29) is 41.3 Å². The molecule has 0 N–H and O–H groups in total. The number of hydrogen-bond acceptors (Lipinski definition) is 3. The van der Waals surface area contributed by atoms with Gasteiger partial charge in [0.15, 0.2) is 5.78 Å². The van der Waals surface area contributed by atoms with Crippen molar-refractivity contribution >= 4 is 40.8 Å². The van der Waals surface area contributed by atoms with Crippen molar-refractivity contribution in [3.8, 4) is 0 Å². The number of hydrogen-bond donors (Lipinski definition) is 0. The van der Waals surface area contributed by atoms with Gasteiger partial charge >= 0.3 is 0 Å². The molecule has 1 fully saturated rings. The molecule has 1 atom stereocenters. The minimum atomic E-state index is -0.400. The van der Waals surface area contributed by atoms with Gasteiger partial charge in [0.1, 0.15) is 0 Å². The largest absolute Gasteiger partial charge is 0.292 e. The molecule has 1 saturated heterocycles. The van der Waals surface area contributed by atoms with Crippen LogP contribution < -0.4 is 0 Å². The Labute approximate surface area is 120 Å². The molecule has 0 aliphatic carbocycles. The highest BCUT2D eigenvalue weighted by atomic mass is 35.5. The molecule has 1 aliphatic rings. The molecule has 19 heavy (non-hydrogen) atoms. The predicted molar refractivity (Wildman–Crippen MR) is 71.3 cm³/mol. The van der Waals surface area contributed by atoms with E-state index in [1.807, 2.05) is 0 Å². The van der Waals surface area contributed by atoms with Gasteiger partial charge in [-0.05, 0) is 18.2 Å². The highest BCUT2D eigenvalue weighted by molar-refractivity contribution is 6.36. The third-order valence-electron chi connectivity index (χ3n) is 3.00. The summed E-state index contributed by atoms with van der Waals surface area (Å²) in [6.07, 6.45) is 0.148. The van der Waals surface area contributed by atoms with Gasteiger partial charge in [-0.2, -0.15) is 0 Å². The summed E-state index contributed by atoms with van der Waals surface area (Å²) in [5.74, 6) is -1.42. The summed E-state index contributed by atoms with van der Waals surface area (Å²) >= 11 is 11.7. The lowest BCUT2D eigenvalue weighted by molar-refractivity contribution is -0.138. The van der Waals surface area contributed by atoms with Crippen LogP contribution in [0.5, 0.6) is 0 Å². The van der Waals surface area contributed by atoms with Gasteiger partial charge in [-0.15, -0.1) is 0 Å². The van der Waals surface area contributed by atoms with Crippen LogP contribution in [-0.2, 0) is 9.59 Å². The number of imide groups is 1. The molecular weight excluding hydrogens is 289 g/mol. The monoisotopic (exact) mass is 299 g/mol. The van der Waals surface area contributed by atoms with E-state index in [9.17, 15) is 14.4 Å². The lowest BCUT2D eigenvalue weighted by Gasteiger charge is -2.13. The van der Waals surface area contributed by atoms with E-state index in [4.69, 9.17) is 23.2 Å². The molecule has 0 radical (unpaired) electrons. The first kappa shape index (κ1) is 14.0. The third kappa shape index (κ3) is 2.80. The van der Waals surface area contributed by atoms with Crippen LogP contribution >= 0.6 is 23.2 Å². The fourth-order valence-corrected chi connectivity index (χ4v) is 2.35. The van der Waals surface area contributed by atoms with Crippen molar-refractivity contribution in [1.82, 2.24) is 4.90 Å². The number of nitrogens with zero attached hydrogens (tertiary/aromatic N) is 1. The van der Waals surface area contributed by atoms with Crippen LogP contribution in [0.15, 0.2) is 18.2 Å². The number of rotatable bonds is 3. The van der Waals surface area contributed by atoms with Gasteiger partial charge in [0, 0.05) is 22.9 Å².